The molecule has 0 fully saturated rings. The number of nitrogens with one attached hydrogen (secondary N) is 1. The van der Waals surface area contributed by atoms with Gasteiger partial charge in [-0.25, -0.2) is 0 Å². The third-order valence-electron chi connectivity index (χ3n) is 2.49. The minimum Gasteiger partial charge on any atom is -0.604 e. The largest absolute Gasteiger partial charge is 0.604 e. The molecule has 0 spiro atoms. The number of alkyl halides is 3. The van der Waals surface area contributed by atoms with E-state index < -0.39 is 16.7 Å². The number of fused-ring (bicyclic) bond motifs is 1. The lowest BCUT2D eigenvalue weighted by molar-refractivity contribution is -0.0435. The summed E-state index contributed by atoms with van der Waals surface area (Å²) < 4.78 is 47.9. The molecular formula is C10H11ClF3NOS. The molecule has 0 aliphatic carbocycles. The summed E-state index contributed by atoms with van der Waals surface area (Å²) >= 11 is -2.93. The lowest BCUT2D eigenvalue weighted by Gasteiger charge is -2.18. The topological polar surface area (TPSA) is 35.1 Å². The minimum absolute atomic E-state index is 0. The number of halogens is 4. The summed E-state index contributed by atoms with van der Waals surface area (Å²) in [6.07, 6.45) is 0.800. The van der Waals surface area contributed by atoms with Gasteiger partial charge in [-0.15, -0.1) is 25.6 Å². The monoisotopic (exact) mass is 285 g/mol. The van der Waals surface area contributed by atoms with E-state index in [0.29, 0.717) is 6.54 Å². The van der Waals surface area contributed by atoms with Gasteiger partial charge in [0.25, 0.3) is 0 Å². The summed E-state index contributed by atoms with van der Waals surface area (Å²) in [5, 5.41) is 3.07. The number of hydrogen-bond donors (Lipinski definition) is 1. The van der Waals surface area contributed by atoms with Crippen LogP contribution < -0.4 is 5.32 Å². The molecule has 0 bridgehead atoms. The van der Waals surface area contributed by atoms with E-state index in [2.05, 4.69) is 5.32 Å². The zero-order chi connectivity index (χ0) is 11.8. The van der Waals surface area contributed by atoms with Gasteiger partial charge in [0, 0.05) is 6.54 Å². The molecule has 7 heteroatoms. The first-order valence-electron chi connectivity index (χ1n) is 4.79. The molecule has 0 saturated heterocycles. The van der Waals surface area contributed by atoms with E-state index in [1.165, 1.54) is 12.1 Å². The summed E-state index contributed by atoms with van der Waals surface area (Å²) in [7, 11) is 0. The average Bonchev–Trinajstić information content (AvgIpc) is 2.26. The summed E-state index contributed by atoms with van der Waals surface area (Å²) in [5.74, 6) is 0. The van der Waals surface area contributed by atoms with Crippen molar-refractivity contribution < 1.29 is 17.7 Å². The standard InChI is InChI=1S/C10H10F3NOS.ClH/c11-10(12,13)16(15)9-2-1-7-3-4-14-6-8(7)5-9;/h1-2,5,14H,3-4,6H2;1H. The number of hydrogen-bond acceptors (Lipinski definition) is 2. The third kappa shape index (κ3) is 3.28. The van der Waals surface area contributed by atoms with Gasteiger partial charge in [-0.1, -0.05) is 6.07 Å². The smallest absolute Gasteiger partial charge is 0.578 e. The van der Waals surface area contributed by atoms with Crippen molar-refractivity contribution >= 4 is 23.6 Å². The van der Waals surface area contributed by atoms with Gasteiger partial charge in [-0.2, -0.15) is 0 Å². The van der Waals surface area contributed by atoms with Crippen LogP contribution in [0.1, 0.15) is 11.1 Å². The molecule has 1 aromatic rings. The molecule has 0 aromatic heterocycles. The minimum atomic E-state index is -4.68. The van der Waals surface area contributed by atoms with Crippen molar-refractivity contribution in [2.45, 2.75) is 23.4 Å². The molecule has 0 radical (unpaired) electrons. The first kappa shape index (κ1) is 14.6. The summed E-state index contributed by atoms with van der Waals surface area (Å²) in [5.41, 5.74) is -2.85. The van der Waals surface area contributed by atoms with E-state index in [4.69, 9.17) is 0 Å². The van der Waals surface area contributed by atoms with Crippen LogP contribution in [-0.2, 0) is 24.1 Å². The van der Waals surface area contributed by atoms with Crippen molar-refractivity contribution in [2.24, 2.45) is 0 Å². The fourth-order valence-corrected chi connectivity index (χ4v) is 2.41. The lowest BCUT2D eigenvalue weighted by Crippen LogP contribution is -2.26. The van der Waals surface area contributed by atoms with Crippen LogP contribution >= 0.6 is 12.4 Å². The van der Waals surface area contributed by atoms with Gasteiger partial charge in [-0.3, -0.25) is 0 Å². The molecule has 0 saturated carbocycles. The van der Waals surface area contributed by atoms with Gasteiger partial charge < -0.3 is 9.87 Å². The van der Waals surface area contributed by atoms with Crippen LogP contribution in [0.2, 0.25) is 0 Å². The zero-order valence-corrected chi connectivity index (χ0v) is 10.3. The molecular weight excluding hydrogens is 275 g/mol. The van der Waals surface area contributed by atoms with Crippen LogP contribution in [0.5, 0.6) is 0 Å². The molecule has 96 valence electrons. The van der Waals surface area contributed by atoms with Crippen molar-refractivity contribution in [2.75, 3.05) is 6.54 Å². The van der Waals surface area contributed by atoms with Crippen LogP contribution in [0.15, 0.2) is 23.1 Å². The Morgan fingerprint density at radius 3 is 2.59 bits per heavy atom. The van der Waals surface area contributed by atoms with Crippen LogP contribution in [0.4, 0.5) is 13.2 Å². The van der Waals surface area contributed by atoms with Crippen molar-refractivity contribution in [3.05, 3.63) is 29.3 Å². The zero-order valence-electron chi connectivity index (χ0n) is 8.71. The first-order chi connectivity index (χ1) is 7.48. The maximum Gasteiger partial charge on any atom is 0.578 e. The van der Waals surface area contributed by atoms with Gasteiger partial charge in [0.05, 0.1) is 11.2 Å². The SMILES string of the molecule is Cl.[O-][S+](c1ccc2c(c1)CNCC2)C(F)(F)F. The fraction of sp³-hybridized carbons (Fsp3) is 0.400. The normalized spacial score (nSPS) is 16.9. The van der Waals surface area contributed by atoms with E-state index in [9.17, 15) is 17.7 Å². The van der Waals surface area contributed by atoms with Crippen molar-refractivity contribution in [1.29, 1.82) is 0 Å². The highest BCUT2D eigenvalue weighted by molar-refractivity contribution is 7.92. The Bertz CT molecular complexity index is 400. The first-order valence-corrected chi connectivity index (χ1v) is 5.94. The lowest BCUT2D eigenvalue weighted by atomic mass is 10.0. The summed E-state index contributed by atoms with van der Waals surface area (Å²) in [6, 6.07) is 4.31. The maximum absolute atomic E-state index is 12.3. The van der Waals surface area contributed by atoms with Crippen LogP contribution in [0.3, 0.4) is 0 Å². The second-order valence-corrected chi connectivity index (χ2v) is 5.04. The maximum atomic E-state index is 12.3. The van der Waals surface area contributed by atoms with Gasteiger partial charge in [0.2, 0.25) is 0 Å². The second-order valence-electron chi connectivity index (χ2n) is 3.57. The fourth-order valence-electron chi connectivity index (χ4n) is 1.71. The highest BCUT2D eigenvalue weighted by atomic mass is 35.5. The molecule has 1 aromatic carbocycles. The molecule has 1 unspecified atom stereocenters. The van der Waals surface area contributed by atoms with Crippen LogP contribution in [0, 0.1) is 0 Å². The predicted octanol–water partition coefficient (Wildman–Crippen LogP) is 2.38. The highest BCUT2D eigenvalue weighted by Crippen LogP contribution is 2.31. The molecule has 17 heavy (non-hydrogen) atoms. The number of rotatable bonds is 1. The van der Waals surface area contributed by atoms with E-state index in [-0.39, 0.29) is 17.3 Å². The molecule has 1 aliphatic heterocycles. The second kappa shape index (κ2) is 5.48. The van der Waals surface area contributed by atoms with Gasteiger partial charge >= 0.3 is 5.51 Å². The Hall–Kier alpha value is -0.430. The molecule has 1 heterocycles. The van der Waals surface area contributed by atoms with Gasteiger partial charge in [0.1, 0.15) is 0 Å². The van der Waals surface area contributed by atoms with Crippen LogP contribution in [-0.4, -0.2) is 16.6 Å². The van der Waals surface area contributed by atoms with Crippen molar-refractivity contribution in [3.63, 3.8) is 0 Å². The van der Waals surface area contributed by atoms with E-state index in [1.54, 1.807) is 6.07 Å². The molecule has 2 nitrogen and oxygen atoms in total. The van der Waals surface area contributed by atoms with Crippen molar-refractivity contribution in [1.82, 2.24) is 5.32 Å². The number of benzene rings is 1. The predicted molar refractivity (Wildman–Crippen MR) is 61.6 cm³/mol. The Balaban J connectivity index is 0.00000144. The Labute approximate surface area is 106 Å². The van der Waals surface area contributed by atoms with Gasteiger partial charge in [-0.05, 0) is 36.2 Å². The molecule has 1 atom stereocenters. The Morgan fingerprint density at radius 1 is 1.24 bits per heavy atom. The van der Waals surface area contributed by atoms with E-state index in [1.807, 2.05) is 0 Å². The Kier molecular flexibility index (Phi) is 4.71. The van der Waals surface area contributed by atoms with Crippen LogP contribution in [0.25, 0.3) is 0 Å². The van der Waals surface area contributed by atoms with E-state index >= 15 is 0 Å². The highest BCUT2D eigenvalue weighted by Gasteiger charge is 2.46. The quantitative estimate of drug-likeness (QED) is 0.804. The summed E-state index contributed by atoms with van der Waals surface area (Å²) in [4.78, 5) is -0.171. The average molecular weight is 286 g/mol. The van der Waals surface area contributed by atoms with Crippen molar-refractivity contribution in [3.8, 4) is 0 Å². The molecule has 1 aliphatic rings. The molecule has 2 rings (SSSR count). The molecule has 0 amide bonds. The van der Waals surface area contributed by atoms with Gasteiger partial charge in [0.15, 0.2) is 4.90 Å². The van der Waals surface area contributed by atoms with E-state index in [0.717, 1.165) is 24.1 Å². The third-order valence-corrected chi connectivity index (χ3v) is 3.59. The molecule has 1 N–H and O–H groups in total. The summed E-state index contributed by atoms with van der Waals surface area (Å²) in [6.45, 7) is 1.37. The Morgan fingerprint density at radius 2 is 1.94 bits per heavy atom.